The second-order valence-corrected chi connectivity index (χ2v) is 7.24. The van der Waals surface area contributed by atoms with Crippen molar-refractivity contribution >= 4 is 5.97 Å². The van der Waals surface area contributed by atoms with E-state index in [1.807, 2.05) is 6.92 Å². The predicted molar refractivity (Wildman–Crippen MR) is 73.9 cm³/mol. The van der Waals surface area contributed by atoms with Crippen molar-refractivity contribution in [2.24, 2.45) is 29.6 Å². The molecular formula is C16H25O6-. The monoisotopic (exact) mass is 313 g/mol. The Labute approximate surface area is 131 Å². The zero-order chi connectivity index (χ0) is 16.1. The Balaban J connectivity index is 1.96. The SMILES string of the molecule is CO[C@H]1C[C@@H]2C3C(CC[C@@](C)(O[O-])O[C@H]3OC(=O)[C@@H]2C)[C@@H]1C. The molecule has 1 aliphatic carbocycles. The molecule has 22 heavy (non-hydrogen) atoms. The van der Waals surface area contributed by atoms with Crippen molar-refractivity contribution in [3.63, 3.8) is 0 Å². The maximum absolute atomic E-state index is 12.2. The summed E-state index contributed by atoms with van der Waals surface area (Å²) in [7, 11) is 1.73. The first-order chi connectivity index (χ1) is 10.4. The molecule has 0 spiro atoms. The fraction of sp³-hybridized carbons (Fsp3) is 0.938. The van der Waals surface area contributed by atoms with E-state index in [1.54, 1.807) is 14.0 Å². The lowest BCUT2D eigenvalue weighted by atomic mass is 9.60. The fourth-order valence-corrected chi connectivity index (χ4v) is 4.66. The molecule has 126 valence electrons. The van der Waals surface area contributed by atoms with E-state index in [2.05, 4.69) is 11.8 Å². The molecule has 2 heterocycles. The normalized spacial score (nSPS) is 51.7. The highest BCUT2D eigenvalue weighted by atomic mass is 17.1. The van der Waals surface area contributed by atoms with E-state index in [0.29, 0.717) is 18.3 Å². The third-order valence-corrected chi connectivity index (χ3v) is 6.09. The lowest BCUT2D eigenvalue weighted by Gasteiger charge is -2.51. The molecule has 3 aliphatic rings. The van der Waals surface area contributed by atoms with Gasteiger partial charge in [-0.25, -0.2) is 0 Å². The van der Waals surface area contributed by atoms with Crippen LogP contribution in [0.25, 0.3) is 0 Å². The molecule has 1 saturated carbocycles. The van der Waals surface area contributed by atoms with Crippen LogP contribution in [0, 0.1) is 29.6 Å². The minimum Gasteiger partial charge on any atom is -0.721 e. The second kappa shape index (κ2) is 5.74. The topological polar surface area (TPSA) is 77.1 Å². The van der Waals surface area contributed by atoms with Crippen molar-refractivity contribution in [2.75, 3.05) is 7.11 Å². The van der Waals surface area contributed by atoms with Gasteiger partial charge in [-0.15, -0.1) is 0 Å². The van der Waals surface area contributed by atoms with Crippen LogP contribution in [-0.4, -0.2) is 31.3 Å². The Morgan fingerprint density at radius 3 is 2.68 bits per heavy atom. The van der Waals surface area contributed by atoms with Gasteiger partial charge in [-0.05, 0) is 37.5 Å². The number of carbonyl (C=O) groups is 1. The van der Waals surface area contributed by atoms with E-state index in [1.165, 1.54) is 0 Å². The summed E-state index contributed by atoms with van der Waals surface area (Å²) in [4.78, 5) is 16.5. The number of esters is 1. The molecule has 0 aromatic heterocycles. The van der Waals surface area contributed by atoms with E-state index in [-0.39, 0.29) is 29.8 Å². The molecule has 0 aromatic carbocycles. The Kier molecular flexibility index (Phi) is 4.22. The van der Waals surface area contributed by atoms with Crippen LogP contribution in [-0.2, 0) is 23.9 Å². The zero-order valence-electron chi connectivity index (χ0n) is 13.6. The molecule has 6 heteroatoms. The van der Waals surface area contributed by atoms with E-state index in [4.69, 9.17) is 14.2 Å². The number of hydrogen-bond donors (Lipinski definition) is 0. The van der Waals surface area contributed by atoms with Crippen LogP contribution in [0.15, 0.2) is 0 Å². The average molecular weight is 313 g/mol. The number of ether oxygens (including phenoxy) is 3. The maximum atomic E-state index is 12.2. The van der Waals surface area contributed by atoms with Crippen molar-refractivity contribution < 1.29 is 29.1 Å². The largest absolute Gasteiger partial charge is 0.721 e. The van der Waals surface area contributed by atoms with Crippen LogP contribution in [0.2, 0.25) is 0 Å². The third-order valence-electron chi connectivity index (χ3n) is 6.09. The molecule has 0 radical (unpaired) electrons. The molecule has 2 saturated heterocycles. The first-order valence-corrected chi connectivity index (χ1v) is 8.12. The molecule has 0 amide bonds. The van der Waals surface area contributed by atoms with Gasteiger partial charge in [0, 0.05) is 19.4 Å². The van der Waals surface area contributed by atoms with Crippen LogP contribution in [0.5, 0.6) is 0 Å². The predicted octanol–water partition coefficient (Wildman–Crippen LogP) is 1.23. The van der Waals surface area contributed by atoms with Gasteiger partial charge in [0.15, 0.2) is 5.79 Å². The van der Waals surface area contributed by atoms with Crippen molar-refractivity contribution in [1.82, 2.24) is 0 Å². The number of methoxy groups -OCH3 is 1. The molecule has 2 aliphatic heterocycles. The van der Waals surface area contributed by atoms with Gasteiger partial charge in [-0.1, -0.05) is 13.8 Å². The van der Waals surface area contributed by atoms with Gasteiger partial charge in [0.05, 0.1) is 12.0 Å². The van der Waals surface area contributed by atoms with Gasteiger partial charge >= 0.3 is 5.97 Å². The fourth-order valence-electron chi connectivity index (χ4n) is 4.66. The van der Waals surface area contributed by atoms with Gasteiger partial charge in [0.25, 0.3) is 0 Å². The van der Waals surface area contributed by atoms with Crippen LogP contribution in [0.3, 0.4) is 0 Å². The summed E-state index contributed by atoms with van der Waals surface area (Å²) in [5.74, 6) is -0.788. The van der Waals surface area contributed by atoms with Crippen LogP contribution in [0.1, 0.15) is 40.0 Å². The van der Waals surface area contributed by atoms with E-state index < -0.39 is 12.1 Å². The molecular weight excluding hydrogens is 288 g/mol. The van der Waals surface area contributed by atoms with E-state index >= 15 is 0 Å². The van der Waals surface area contributed by atoms with Gasteiger partial charge in [-0.2, -0.15) is 0 Å². The van der Waals surface area contributed by atoms with Crippen molar-refractivity contribution in [2.45, 2.75) is 58.2 Å². The highest BCUT2D eigenvalue weighted by Gasteiger charge is 2.56. The number of rotatable bonds is 2. The minimum absolute atomic E-state index is 0.103. The molecule has 8 atom stereocenters. The van der Waals surface area contributed by atoms with Crippen LogP contribution < -0.4 is 5.26 Å². The van der Waals surface area contributed by atoms with E-state index in [9.17, 15) is 10.1 Å². The summed E-state index contributed by atoms with van der Waals surface area (Å²) >= 11 is 0. The summed E-state index contributed by atoms with van der Waals surface area (Å²) in [6.07, 6.45) is 1.55. The van der Waals surface area contributed by atoms with Crippen LogP contribution >= 0.6 is 0 Å². The Morgan fingerprint density at radius 1 is 1.32 bits per heavy atom. The van der Waals surface area contributed by atoms with Crippen molar-refractivity contribution in [3.05, 3.63) is 0 Å². The maximum Gasteiger partial charge on any atom is 0.311 e. The summed E-state index contributed by atoms with van der Waals surface area (Å²) in [6.45, 7) is 5.71. The molecule has 3 fully saturated rings. The number of hydrogen-bond acceptors (Lipinski definition) is 6. The van der Waals surface area contributed by atoms with Crippen molar-refractivity contribution in [1.29, 1.82) is 0 Å². The van der Waals surface area contributed by atoms with Crippen molar-refractivity contribution in [3.8, 4) is 0 Å². The molecule has 0 bridgehead atoms. The van der Waals surface area contributed by atoms with Gasteiger partial charge < -0.3 is 24.4 Å². The quantitative estimate of drug-likeness (QED) is 0.433. The van der Waals surface area contributed by atoms with Gasteiger partial charge in [0.2, 0.25) is 6.29 Å². The third kappa shape index (κ3) is 2.46. The minimum atomic E-state index is -1.24. The second-order valence-electron chi connectivity index (χ2n) is 7.24. The first kappa shape index (κ1) is 16.2. The summed E-state index contributed by atoms with van der Waals surface area (Å²) in [5.41, 5.74) is 0. The standard InChI is InChI=1S/C16H26O6/c1-8-10-5-6-16(3,22-18)21-15-13(10)11(7-12(8)19-4)9(2)14(17)20-15/h8-13,15,18H,5-7H2,1-4H3/p-1/t8-,9+,10?,11-,12-,13?,15+,16+/m0/s1. The summed E-state index contributed by atoms with van der Waals surface area (Å²) < 4.78 is 17.0. The Morgan fingerprint density at radius 2 is 2.05 bits per heavy atom. The highest BCUT2D eigenvalue weighted by Crippen LogP contribution is 2.52. The first-order valence-electron chi connectivity index (χ1n) is 8.12. The average Bonchev–Trinajstić information content (AvgIpc) is 2.65. The van der Waals surface area contributed by atoms with Gasteiger partial charge in [-0.3, -0.25) is 4.79 Å². The van der Waals surface area contributed by atoms with Crippen LogP contribution in [0.4, 0.5) is 0 Å². The smallest absolute Gasteiger partial charge is 0.311 e. The van der Waals surface area contributed by atoms with Gasteiger partial charge in [0.1, 0.15) is 0 Å². The molecule has 0 aromatic rings. The zero-order valence-corrected chi connectivity index (χ0v) is 13.6. The lowest BCUT2D eigenvalue weighted by Crippen LogP contribution is -2.55. The molecule has 2 unspecified atom stereocenters. The lowest BCUT2D eigenvalue weighted by molar-refractivity contribution is -0.739. The van der Waals surface area contributed by atoms with E-state index in [0.717, 1.165) is 12.8 Å². The Hall–Kier alpha value is -0.690. The Bertz CT molecular complexity index is 440. The number of carbonyl (C=O) groups excluding carboxylic acids is 1. The molecule has 3 rings (SSSR count). The molecule has 6 nitrogen and oxygen atoms in total. The molecule has 0 N–H and O–H groups in total. The summed E-state index contributed by atoms with van der Waals surface area (Å²) in [6, 6.07) is 0. The highest BCUT2D eigenvalue weighted by molar-refractivity contribution is 5.73. The summed E-state index contributed by atoms with van der Waals surface area (Å²) in [5, 5.41) is 11.1.